The molecule has 9 rings (SSSR count). The van der Waals surface area contributed by atoms with Gasteiger partial charge < -0.3 is 35.1 Å². The quantitative estimate of drug-likeness (QED) is 0.117. The molecule has 0 aliphatic heterocycles. The van der Waals surface area contributed by atoms with Crippen LogP contribution in [0.4, 0.5) is 0 Å². The van der Waals surface area contributed by atoms with Gasteiger partial charge in [-0.2, -0.15) is 0 Å². The van der Waals surface area contributed by atoms with Crippen LogP contribution in [0.2, 0.25) is 0 Å². The average Bonchev–Trinajstić information content (AvgIpc) is 3.05. The van der Waals surface area contributed by atoms with Crippen LogP contribution in [-0.2, 0) is 0 Å². The van der Waals surface area contributed by atoms with Gasteiger partial charge in [0.05, 0.1) is 26.9 Å². The molecule has 0 radical (unpaired) electrons. The lowest BCUT2D eigenvalue weighted by molar-refractivity contribution is 0.399. The highest BCUT2D eigenvalue weighted by molar-refractivity contribution is 6.52. The molecular weight excluding hydrogens is 548 g/mol. The van der Waals surface area contributed by atoms with Crippen LogP contribution in [0.1, 0.15) is 0 Å². The highest BCUT2D eigenvalue weighted by atomic mass is 16.4. The van der Waals surface area contributed by atoms with Crippen molar-refractivity contribution in [3.63, 3.8) is 0 Å². The van der Waals surface area contributed by atoms with Gasteiger partial charge in [0.25, 0.3) is 0 Å². The Morgan fingerprint density at radius 2 is 0.762 bits per heavy atom. The molecule has 0 aliphatic carbocycles. The zero-order chi connectivity index (χ0) is 29.7. The summed E-state index contributed by atoms with van der Waals surface area (Å²) >= 11 is 0. The number of aliphatic hydroxyl groups is 1. The number of phenols is 5. The lowest BCUT2D eigenvalue weighted by atomic mass is 9.78. The van der Waals surface area contributed by atoms with Gasteiger partial charge in [-0.25, -0.2) is 9.59 Å². The van der Waals surface area contributed by atoms with Gasteiger partial charge in [-0.15, -0.1) is 0 Å². The Kier molecular flexibility index (Phi) is 4.11. The first kappa shape index (κ1) is 23.9. The summed E-state index contributed by atoms with van der Waals surface area (Å²) in [5.74, 6) is -2.80. The first-order valence-corrected chi connectivity index (χ1v) is 12.4. The SMILES string of the molecule is CO.O=c1oc(=O)c2cc(O)c3c(=O)c4c(O)cc(O)c5c6c(O)cc(O)c7c(=O)c8ccc1c1c2c3c(c45)c(c76)c81. The van der Waals surface area contributed by atoms with E-state index >= 15 is 0 Å². The van der Waals surface area contributed by atoms with Crippen molar-refractivity contribution >= 4 is 86.2 Å². The predicted molar refractivity (Wildman–Crippen MR) is 156 cm³/mol. The molecule has 0 fully saturated rings. The van der Waals surface area contributed by atoms with E-state index in [2.05, 4.69) is 0 Å². The van der Waals surface area contributed by atoms with E-state index in [9.17, 15) is 44.7 Å². The normalized spacial score (nSPS) is 12.4. The number of hydrogen-bond acceptors (Lipinski definition) is 11. The molecule has 0 bridgehead atoms. The molecule has 0 saturated carbocycles. The van der Waals surface area contributed by atoms with Crippen LogP contribution in [0.15, 0.2) is 53.9 Å². The van der Waals surface area contributed by atoms with Crippen molar-refractivity contribution in [1.29, 1.82) is 0 Å². The molecule has 11 nitrogen and oxygen atoms in total. The predicted octanol–water partition coefficient (Wildman–Crippen LogP) is 3.27. The number of aliphatic hydroxyl groups excluding tert-OH is 1. The summed E-state index contributed by atoms with van der Waals surface area (Å²) in [6, 6.07) is 5.57. The zero-order valence-electron chi connectivity index (χ0n) is 21.1. The molecule has 204 valence electrons. The standard InChI is InChI=1S/C30H10O10.CH4O/c31-9-3-8-16-15-7(29(38)40-30(8)39)2-1-6-14(15)23-24-17(10(32)4-12(34)19(24)27(6)36)18-11(33)5-13(35)21-25(18)26(23)22(16)20(9)28(21)37;1-2/h1-5,31-35H;2H,1H3. The van der Waals surface area contributed by atoms with E-state index in [0.717, 1.165) is 25.3 Å². The summed E-state index contributed by atoms with van der Waals surface area (Å²) in [6.45, 7) is 0. The molecular formula is C31H14O11. The Balaban J connectivity index is 0.00000131. The maximum Gasteiger partial charge on any atom is 0.346 e. The third-order valence-electron chi connectivity index (χ3n) is 8.38. The van der Waals surface area contributed by atoms with Crippen molar-refractivity contribution in [2.45, 2.75) is 0 Å². The van der Waals surface area contributed by atoms with Crippen molar-refractivity contribution in [3.8, 4) is 28.7 Å². The summed E-state index contributed by atoms with van der Waals surface area (Å²) < 4.78 is 5.05. The number of benzene rings is 8. The summed E-state index contributed by atoms with van der Waals surface area (Å²) in [7, 11) is 1.00. The van der Waals surface area contributed by atoms with Crippen LogP contribution >= 0.6 is 0 Å². The van der Waals surface area contributed by atoms with Crippen molar-refractivity contribution in [2.75, 3.05) is 7.11 Å². The molecule has 0 spiro atoms. The Labute approximate surface area is 228 Å². The Hall–Kier alpha value is -5.94. The van der Waals surface area contributed by atoms with E-state index in [1.165, 1.54) is 12.1 Å². The number of phenolic OH excluding ortho intramolecular Hbond substituents is 5. The fraction of sp³-hybridized carbons (Fsp3) is 0.0323. The maximum absolute atomic E-state index is 14.0. The van der Waals surface area contributed by atoms with Crippen LogP contribution in [0.25, 0.3) is 86.2 Å². The number of rotatable bonds is 0. The van der Waals surface area contributed by atoms with E-state index in [0.29, 0.717) is 0 Å². The third kappa shape index (κ3) is 2.31. The highest BCUT2D eigenvalue weighted by Crippen LogP contribution is 2.56. The van der Waals surface area contributed by atoms with Gasteiger partial charge in [-0.1, -0.05) is 0 Å². The summed E-state index contributed by atoms with van der Waals surface area (Å²) in [4.78, 5) is 54.1. The molecule has 6 N–H and O–H groups in total. The molecule has 0 saturated heterocycles. The van der Waals surface area contributed by atoms with Gasteiger partial charge in [0.15, 0.2) is 5.43 Å². The summed E-state index contributed by atoms with van der Waals surface area (Å²) in [6.07, 6.45) is 0. The van der Waals surface area contributed by atoms with Gasteiger partial charge in [0, 0.05) is 78.5 Å². The minimum atomic E-state index is -1.08. The topological polar surface area (TPSA) is 203 Å². The fourth-order valence-electron chi connectivity index (χ4n) is 7.03. The summed E-state index contributed by atoms with van der Waals surface area (Å²) in [5.41, 5.74) is -3.56. The lowest BCUT2D eigenvalue weighted by Crippen LogP contribution is -2.10. The molecule has 11 heteroatoms. The zero-order valence-corrected chi connectivity index (χ0v) is 21.1. The first-order valence-electron chi connectivity index (χ1n) is 12.4. The van der Waals surface area contributed by atoms with Crippen molar-refractivity contribution in [2.24, 2.45) is 0 Å². The molecule has 0 amide bonds. The van der Waals surface area contributed by atoms with Crippen LogP contribution < -0.4 is 22.1 Å². The molecule has 9 aromatic rings. The Bertz CT molecular complexity index is 2890. The molecule has 0 unspecified atom stereocenters. The minimum Gasteiger partial charge on any atom is -0.507 e. The van der Waals surface area contributed by atoms with Crippen molar-refractivity contribution in [1.82, 2.24) is 0 Å². The van der Waals surface area contributed by atoms with Gasteiger partial charge in [0.2, 0.25) is 5.43 Å². The van der Waals surface area contributed by atoms with Crippen molar-refractivity contribution < 1.29 is 35.1 Å². The van der Waals surface area contributed by atoms with Crippen LogP contribution in [-0.4, -0.2) is 37.7 Å². The third-order valence-corrected chi connectivity index (χ3v) is 8.38. The highest BCUT2D eigenvalue weighted by Gasteiger charge is 2.33. The fourth-order valence-corrected chi connectivity index (χ4v) is 7.03. The maximum atomic E-state index is 14.0. The van der Waals surface area contributed by atoms with E-state index < -0.39 is 50.9 Å². The monoisotopic (exact) mass is 562 g/mol. The molecule has 1 heterocycles. The number of fused-ring (bicyclic) bond motifs is 1. The van der Waals surface area contributed by atoms with E-state index in [1.54, 1.807) is 0 Å². The van der Waals surface area contributed by atoms with Gasteiger partial charge in [-0.05, 0) is 18.2 Å². The second-order valence-corrected chi connectivity index (χ2v) is 10.1. The van der Waals surface area contributed by atoms with Gasteiger partial charge in [0.1, 0.15) is 28.7 Å². The van der Waals surface area contributed by atoms with Crippen LogP contribution in [0.5, 0.6) is 28.7 Å². The summed E-state index contributed by atoms with van der Waals surface area (Å²) in [5, 5.41) is 61.8. The average molecular weight is 562 g/mol. The lowest BCUT2D eigenvalue weighted by Gasteiger charge is -2.23. The molecule has 0 aliphatic rings. The number of hydrogen-bond donors (Lipinski definition) is 6. The second kappa shape index (κ2) is 7.22. The Morgan fingerprint density at radius 1 is 0.405 bits per heavy atom. The Morgan fingerprint density at radius 3 is 1.36 bits per heavy atom. The second-order valence-electron chi connectivity index (χ2n) is 10.1. The smallest absolute Gasteiger partial charge is 0.346 e. The van der Waals surface area contributed by atoms with Gasteiger partial charge >= 0.3 is 11.3 Å². The van der Waals surface area contributed by atoms with Crippen LogP contribution in [0, 0.1) is 0 Å². The first-order chi connectivity index (χ1) is 20.1. The molecule has 0 atom stereocenters. The molecule has 42 heavy (non-hydrogen) atoms. The largest absolute Gasteiger partial charge is 0.507 e. The van der Waals surface area contributed by atoms with E-state index in [-0.39, 0.29) is 86.2 Å². The molecule has 8 aromatic carbocycles. The van der Waals surface area contributed by atoms with E-state index in [4.69, 9.17) is 9.52 Å². The van der Waals surface area contributed by atoms with Gasteiger partial charge in [-0.3, -0.25) is 9.59 Å². The minimum absolute atomic E-state index is 0.0116. The van der Waals surface area contributed by atoms with E-state index in [1.807, 2.05) is 0 Å². The van der Waals surface area contributed by atoms with Crippen LogP contribution in [0.3, 0.4) is 0 Å². The number of aromatic hydroxyl groups is 5. The van der Waals surface area contributed by atoms with Crippen molar-refractivity contribution in [3.05, 3.63) is 71.6 Å². The molecule has 1 aromatic heterocycles.